The van der Waals surface area contributed by atoms with Crippen molar-refractivity contribution in [2.24, 2.45) is 0 Å². The lowest BCUT2D eigenvalue weighted by Gasteiger charge is -2.26. The van der Waals surface area contributed by atoms with E-state index in [-0.39, 0.29) is 5.82 Å². The molecule has 3 heterocycles. The van der Waals surface area contributed by atoms with Gasteiger partial charge < -0.3 is 14.4 Å². The van der Waals surface area contributed by atoms with Crippen LogP contribution in [0.15, 0.2) is 36.4 Å². The van der Waals surface area contributed by atoms with E-state index in [1.807, 2.05) is 6.07 Å². The Balaban J connectivity index is 1.55. The third-order valence-corrected chi connectivity index (χ3v) is 6.22. The molecule has 1 fully saturated rings. The summed E-state index contributed by atoms with van der Waals surface area (Å²) in [7, 11) is 0. The molecule has 0 spiro atoms. The van der Waals surface area contributed by atoms with E-state index < -0.39 is 6.10 Å². The van der Waals surface area contributed by atoms with Crippen molar-refractivity contribution in [3.63, 3.8) is 0 Å². The maximum atomic E-state index is 13.1. The van der Waals surface area contributed by atoms with E-state index in [4.69, 9.17) is 4.74 Å². The number of hydrogen-bond acceptors (Lipinski definition) is 4. The Hall–Kier alpha value is -1.73. The number of rotatable bonds is 5. The van der Waals surface area contributed by atoms with E-state index in [0.717, 1.165) is 49.7 Å². The predicted octanol–water partition coefficient (Wildman–Crippen LogP) is 3.56. The maximum Gasteiger partial charge on any atom is 0.123 e. The summed E-state index contributed by atoms with van der Waals surface area (Å²) in [5.74, 6) is -0.289. The molecule has 1 N–H and O–H groups in total. The van der Waals surface area contributed by atoms with Crippen LogP contribution in [0.4, 0.5) is 4.39 Å². The lowest BCUT2D eigenvalue weighted by Crippen LogP contribution is -2.38. The van der Waals surface area contributed by atoms with Gasteiger partial charge in [0.2, 0.25) is 0 Å². The summed E-state index contributed by atoms with van der Waals surface area (Å²) in [6.07, 6.45) is -0.721. The number of fused-ring (bicyclic) bond motifs is 1. The fraction of sp³-hybridized carbons (Fsp3) is 0.400. The highest BCUT2D eigenvalue weighted by atomic mass is 32.1. The monoisotopic (exact) mass is 374 g/mol. The van der Waals surface area contributed by atoms with Gasteiger partial charge in [0.1, 0.15) is 16.8 Å². The Morgan fingerprint density at radius 2 is 1.88 bits per heavy atom. The Labute approximate surface area is 156 Å². The van der Waals surface area contributed by atoms with Gasteiger partial charge in [0, 0.05) is 42.1 Å². The molecule has 1 aliphatic rings. The largest absolute Gasteiger partial charge is 0.383 e. The van der Waals surface area contributed by atoms with Crippen molar-refractivity contribution < 1.29 is 14.2 Å². The summed E-state index contributed by atoms with van der Waals surface area (Å²) < 4.78 is 20.9. The Morgan fingerprint density at radius 3 is 2.62 bits per heavy atom. The summed E-state index contributed by atoms with van der Waals surface area (Å²) in [4.78, 5) is 4.50. The smallest absolute Gasteiger partial charge is 0.123 e. The number of aliphatic hydroxyl groups excluding tert-OH is 1. The standard InChI is InChI=1S/C20H23FN2O2S/c1-14-12-16-13-18(19(24)15-2-4-17(21)5-3-15)26-20(16)23(14)7-6-22-8-10-25-11-9-22/h2-5,12-13,19,24H,6-11H2,1H3. The number of morpholine rings is 1. The van der Waals surface area contributed by atoms with E-state index in [0.29, 0.717) is 5.56 Å². The lowest BCUT2D eigenvalue weighted by molar-refractivity contribution is 0.0365. The summed E-state index contributed by atoms with van der Waals surface area (Å²) in [5.41, 5.74) is 1.95. The first kappa shape index (κ1) is 17.7. The molecular formula is C20H23FN2O2S. The highest BCUT2D eigenvalue weighted by Gasteiger charge is 2.18. The molecule has 6 heteroatoms. The minimum Gasteiger partial charge on any atom is -0.383 e. The van der Waals surface area contributed by atoms with E-state index in [9.17, 15) is 9.50 Å². The number of aryl methyl sites for hydroxylation is 1. The fourth-order valence-corrected chi connectivity index (χ4v) is 4.72. The van der Waals surface area contributed by atoms with E-state index in [1.165, 1.54) is 22.7 Å². The maximum absolute atomic E-state index is 13.1. The molecule has 1 aliphatic heterocycles. The van der Waals surface area contributed by atoms with Gasteiger partial charge in [0.15, 0.2) is 0 Å². The third-order valence-electron chi connectivity index (χ3n) is 4.99. The zero-order valence-corrected chi connectivity index (χ0v) is 15.6. The number of benzene rings is 1. The van der Waals surface area contributed by atoms with Crippen LogP contribution in [0.1, 0.15) is 22.2 Å². The average molecular weight is 374 g/mol. The molecule has 26 heavy (non-hydrogen) atoms. The number of ether oxygens (including phenoxy) is 1. The molecule has 1 atom stereocenters. The topological polar surface area (TPSA) is 37.6 Å². The molecule has 0 radical (unpaired) electrons. The van der Waals surface area contributed by atoms with Gasteiger partial charge in [0.25, 0.3) is 0 Å². The van der Waals surface area contributed by atoms with Crippen molar-refractivity contribution in [3.8, 4) is 0 Å². The Kier molecular flexibility index (Phi) is 5.09. The van der Waals surface area contributed by atoms with Gasteiger partial charge in [-0.3, -0.25) is 4.90 Å². The molecule has 0 saturated carbocycles. The number of halogens is 1. The first-order valence-corrected chi connectivity index (χ1v) is 9.76. The molecule has 4 rings (SSSR count). The van der Waals surface area contributed by atoms with Gasteiger partial charge in [-0.1, -0.05) is 12.1 Å². The van der Waals surface area contributed by atoms with Crippen LogP contribution in [0.25, 0.3) is 10.2 Å². The Morgan fingerprint density at radius 1 is 1.15 bits per heavy atom. The summed E-state index contributed by atoms with van der Waals surface area (Å²) in [6.45, 7) is 7.66. The quantitative estimate of drug-likeness (QED) is 0.742. The molecule has 4 nitrogen and oxygen atoms in total. The van der Waals surface area contributed by atoms with Gasteiger partial charge in [-0.25, -0.2) is 4.39 Å². The molecular weight excluding hydrogens is 351 g/mol. The molecule has 1 aromatic carbocycles. The van der Waals surface area contributed by atoms with Crippen LogP contribution in [0.3, 0.4) is 0 Å². The molecule has 3 aromatic rings. The SMILES string of the molecule is Cc1cc2cc(C(O)c3ccc(F)cc3)sc2n1CCN1CCOCC1. The molecule has 1 saturated heterocycles. The number of aromatic nitrogens is 1. The minimum absolute atomic E-state index is 0.289. The van der Waals surface area contributed by atoms with Crippen LogP contribution >= 0.6 is 11.3 Å². The fourth-order valence-electron chi connectivity index (χ4n) is 3.48. The minimum atomic E-state index is -0.721. The van der Waals surface area contributed by atoms with Crippen LogP contribution in [0.2, 0.25) is 0 Å². The van der Waals surface area contributed by atoms with Gasteiger partial charge in [-0.2, -0.15) is 0 Å². The number of nitrogens with zero attached hydrogens (tertiary/aromatic N) is 2. The predicted molar refractivity (Wildman–Crippen MR) is 102 cm³/mol. The summed E-state index contributed by atoms with van der Waals surface area (Å²) in [6, 6.07) is 10.3. The zero-order chi connectivity index (χ0) is 18.1. The van der Waals surface area contributed by atoms with Crippen molar-refractivity contribution in [1.29, 1.82) is 0 Å². The van der Waals surface area contributed by atoms with Gasteiger partial charge in [-0.15, -0.1) is 11.3 Å². The van der Waals surface area contributed by atoms with E-state index in [1.54, 1.807) is 23.5 Å². The van der Waals surface area contributed by atoms with Crippen molar-refractivity contribution in [1.82, 2.24) is 9.47 Å². The van der Waals surface area contributed by atoms with Crippen LogP contribution in [-0.4, -0.2) is 47.4 Å². The lowest BCUT2D eigenvalue weighted by atomic mass is 10.1. The van der Waals surface area contributed by atoms with Crippen molar-refractivity contribution in [2.45, 2.75) is 19.6 Å². The summed E-state index contributed by atoms with van der Waals surface area (Å²) in [5, 5.41) is 11.8. The summed E-state index contributed by atoms with van der Waals surface area (Å²) >= 11 is 1.61. The van der Waals surface area contributed by atoms with Crippen LogP contribution < -0.4 is 0 Å². The molecule has 0 aliphatic carbocycles. The van der Waals surface area contributed by atoms with Crippen LogP contribution in [0, 0.1) is 12.7 Å². The van der Waals surface area contributed by atoms with Crippen molar-refractivity contribution >= 4 is 21.6 Å². The molecule has 1 unspecified atom stereocenters. The number of thiophene rings is 1. The molecule has 2 aromatic heterocycles. The highest BCUT2D eigenvalue weighted by molar-refractivity contribution is 7.18. The first-order chi connectivity index (χ1) is 12.6. The normalized spacial score (nSPS) is 17.0. The van der Waals surface area contributed by atoms with Gasteiger partial charge in [-0.05, 0) is 36.8 Å². The second kappa shape index (κ2) is 7.48. The third kappa shape index (κ3) is 3.55. The van der Waals surface area contributed by atoms with E-state index >= 15 is 0 Å². The van der Waals surface area contributed by atoms with Crippen molar-refractivity contribution in [3.05, 3.63) is 58.3 Å². The molecule has 138 valence electrons. The second-order valence-electron chi connectivity index (χ2n) is 6.75. The van der Waals surface area contributed by atoms with Gasteiger partial charge in [0.05, 0.1) is 13.2 Å². The van der Waals surface area contributed by atoms with Crippen LogP contribution in [-0.2, 0) is 11.3 Å². The zero-order valence-electron chi connectivity index (χ0n) is 14.8. The molecule has 0 amide bonds. The van der Waals surface area contributed by atoms with Crippen LogP contribution in [0.5, 0.6) is 0 Å². The molecule has 0 bridgehead atoms. The van der Waals surface area contributed by atoms with Gasteiger partial charge >= 0.3 is 0 Å². The second-order valence-corrected chi connectivity index (χ2v) is 7.82. The number of hydrogen-bond donors (Lipinski definition) is 1. The first-order valence-electron chi connectivity index (χ1n) is 8.95. The van der Waals surface area contributed by atoms with E-state index in [2.05, 4.69) is 22.5 Å². The highest BCUT2D eigenvalue weighted by Crippen LogP contribution is 2.35. The Bertz CT molecular complexity index is 881. The number of aliphatic hydroxyl groups is 1. The average Bonchev–Trinajstić information content (AvgIpc) is 3.18. The van der Waals surface area contributed by atoms with Crippen molar-refractivity contribution in [2.75, 3.05) is 32.8 Å².